The fourth-order valence-corrected chi connectivity index (χ4v) is 2.13. The lowest BCUT2D eigenvalue weighted by atomic mass is 10.2. The Kier molecular flexibility index (Phi) is 6.44. The number of hydrogen-bond acceptors (Lipinski definition) is 3. The summed E-state index contributed by atoms with van der Waals surface area (Å²) in [5, 5.41) is 3.44. The molecule has 0 fully saturated rings. The number of benzene rings is 2. The van der Waals surface area contributed by atoms with Crippen LogP contribution in [0.1, 0.15) is 16.7 Å². The summed E-state index contributed by atoms with van der Waals surface area (Å²) >= 11 is 0. The molecule has 0 atom stereocenters. The van der Waals surface area contributed by atoms with Gasteiger partial charge >= 0.3 is 0 Å². The highest BCUT2D eigenvalue weighted by molar-refractivity contribution is 5.29. The summed E-state index contributed by atoms with van der Waals surface area (Å²) in [4.78, 5) is 2.17. The quantitative estimate of drug-likeness (QED) is 0.757. The first-order chi connectivity index (χ1) is 10.6. The van der Waals surface area contributed by atoms with Crippen LogP contribution < -0.4 is 10.1 Å². The second-order valence-electron chi connectivity index (χ2n) is 5.90. The largest absolute Gasteiger partial charge is 0.489 e. The zero-order chi connectivity index (χ0) is 15.8. The second kappa shape index (κ2) is 8.57. The van der Waals surface area contributed by atoms with Crippen molar-refractivity contribution in [1.29, 1.82) is 0 Å². The van der Waals surface area contributed by atoms with Gasteiger partial charge in [0, 0.05) is 19.6 Å². The molecule has 0 aliphatic heterocycles. The van der Waals surface area contributed by atoms with E-state index in [1.807, 2.05) is 12.1 Å². The molecule has 0 radical (unpaired) electrons. The molecule has 2 rings (SSSR count). The van der Waals surface area contributed by atoms with Gasteiger partial charge in [-0.2, -0.15) is 0 Å². The Balaban J connectivity index is 1.81. The van der Waals surface area contributed by atoms with Gasteiger partial charge in [-0.15, -0.1) is 0 Å². The van der Waals surface area contributed by atoms with Gasteiger partial charge in [-0.1, -0.05) is 42.0 Å². The standard InChI is InChI=1S/C19H26N2O/c1-16-7-9-17(10-8-16)15-22-19-6-4-5-18(13-19)14-20-11-12-21(2)3/h4-10,13,20H,11-12,14-15H2,1-3H3. The van der Waals surface area contributed by atoms with Crippen molar-refractivity contribution in [3.63, 3.8) is 0 Å². The summed E-state index contributed by atoms with van der Waals surface area (Å²) in [6, 6.07) is 16.8. The lowest BCUT2D eigenvalue weighted by Gasteiger charge is -2.11. The van der Waals surface area contributed by atoms with E-state index >= 15 is 0 Å². The van der Waals surface area contributed by atoms with Crippen molar-refractivity contribution in [2.75, 3.05) is 27.2 Å². The minimum atomic E-state index is 0.609. The van der Waals surface area contributed by atoms with Crippen LogP contribution in [-0.2, 0) is 13.2 Å². The molecule has 2 aromatic carbocycles. The zero-order valence-corrected chi connectivity index (χ0v) is 13.8. The van der Waals surface area contributed by atoms with Crippen LogP contribution in [0, 0.1) is 6.92 Å². The van der Waals surface area contributed by atoms with E-state index in [0.29, 0.717) is 6.61 Å². The summed E-state index contributed by atoms with van der Waals surface area (Å²) in [7, 11) is 4.17. The van der Waals surface area contributed by atoms with Gasteiger partial charge in [0.1, 0.15) is 12.4 Å². The van der Waals surface area contributed by atoms with Crippen LogP contribution in [0.3, 0.4) is 0 Å². The Hall–Kier alpha value is -1.84. The Morgan fingerprint density at radius 2 is 1.77 bits per heavy atom. The van der Waals surface area contributed by atoms with Crippen LogP contribution in [-0.4, -0.2) is 32.1 Å². The molecule has 0 spiro atoms. The zero-order valence-electron chi connectivity index (χ0n) is 13.8. The third kappa shape index (κ3) is 5.88. The molecule has 0 saturated carbocycles. The molecular weight excluding hydrogens is 272 g/mol. The maximum atomic E-state index is 5.88. The van der Waals surface area contributed by atoms with Gasteiger partial charge in [0.05, 0.1) is 0 Å². The average molecular weight is 298 g/mol. The van der Waals surface area contributed by atoms with E-state index < -0.39 is 0 Å². The molecular formula is C19H26N2O. The molecule has 0 aliphatic rings. The van der Waals surface area contributed by atoms with E-state index in [9.17, 15) is 0 Å². The molecule has 0 bridgehead atoms. The van der Waals surface area contributed by atoms with Gasteiger partial charge in [0.15, 0.2) is 0 Å². The first-order valence-corrected chi connectivity index (χ1v) is 7.76. The number of ether oxygens (including phenoxy) is 1. The monoisotopic (exact) mass is 298 g/mol. The molecule has 0 aromatic heterocycles. The Bertz CT molecular complexity index is 564. The van der Waals surface area contributed by atoms with Crippen LogP contribution in [0.15, 0.2) is 48.5 Å². The minimum absolute atomic E-state index is 0.609. The van der Waals surface area contributed by atoms with Crippen molar-refractivity contribution in [1.82, 2.24) is 10.2 Å². The summed E-state index contributed by atoms with van der Waals surface area (Å²) in [6.07, 6.45) is 0. The molecule has 118 valence electrons. The molecule has 0 unspecified atom stereocenters. The smallest absolute Gasteiger partial charge is 0.120 e. The SMILES string of the molecule is Cc1ccc(COc2cccc(CNCCN(C)C)c2)cc1. The van der Waals surface area contributed by atoms with E-state index in [2.05, 4.69) is 67.6 Å². The number of rotatable bonds is 8. The number of nitrogens with one attached hydrogen (secondary N) is 1. The normalized spacial score (nSPS) is 10.9. The molecule has 0 aliphatic carbocycles. The van der Waals surface area contributed by atoms with E-state index in [1.165, 1.54) is 16.7 Å². The fraction of sp³-hybridized carbons (Fsp3) is 0.368. The molecule has 2 aromatic rings. The van der Waals surface area contributed by atoms with Crippen molar-refractivity contribution in [2.24, 2.45) is 0 Å². The van der Waals surface area contributed by atoms with E-state index in [4.69, 9.17) is 4.74 Å². The van der Waals surface area contributed by atoms with Gasteiger partial charge in [-0.3, -0.25) is 0 Å². The fourth-order valence-electron chi connectivity index (χ4n) is 2.13. The number of hydrogen-bond donors (Lipinski definition) is 1. The molecule has 0 saturated heterocycles. The second-order valence-corrected chi connectivity index (χ2v) is 5.90. The molecule has 0 heterocycles. The maximum absolute atomic E-state index is 5.88. The van der Waals surface area contributed by atoms with Crippen molar-refractivity contribution in [3.8, 4) is 5.75 Å². The van der Waals surface area contributed by atoms with E-state index in [0.717, 1.165) is 25.4 Å². The van der Waals surface area contributed by atoms with Crippen LogP contribution in [0.2, 0.25) is 0 Å². The highest BCUT2D eigenvalue weighted by atomic mass is 16.5. The van der Waals surface area contributed by atoms with E-state index in [1.54, 1.807) is 0 Å². The average Bonchev–Trinajstić information content (AvgIpc) is 2.51. The van der Waals surface area contributed by atoms with Crippen molar-refractivity contribution in [3.05, 3.63) is 65.2 Å². The summed E-state index contributed by atoms with van der Waals surface area (Å²) in [5.74, 6) is 0.924. The highest BCUT2D eigenvalue weighted by Crippen LogP contribution is 2.15. The minimum Gasteiger partial charge on any atom is -0.489 e. The van der Waals surface area contributed by atoms with Crippen LogP contribution in [0.25, 0.3) is 0 Å². The third-order valence-corrected chi connectivity index (χ3v) is 3.49. The molecule has 22 heavy (non-hydrogen) atoms. The predicted octanol–water partition coefficient (Wildman–Crippen LogP) is 3.23. The van der Waals surface area contributed by atoms with Gasteiger partial charge in [0.25, 0.3) is 0 Å². The van der Waals surface area contributed by atoms with Crippen LogP contribution in [0.4, 0.5) is 0 Å². The molecule has 1 N–H and O–H groups in total. The highest BCUT2D eigenvalue weighted by Gasteiger charge is 1.99. The van der Waals surface area contributed by atoms with Crippen molar-refractivity contribution >= 4 is 0 Å². The molecule has 3 heteroatoms. The summed E-state index contributed by atoms with van der Waals surface area (Å²) < 4.78 is 5.88. The number of likely N-dealkylation sites (N-methyl/N-ethyl adjacent to an activating group) is 1. The Morgan fingerprint density at radius 1 is 1.00 bits per heavy atom. The van der Waals surface area contributed by atoms with Crippen LogP contribution in [0.5, 0.6) is 5.75 Å². The van der Waals surface area contributed by atoms with Gasteiger partial charge < -0.3 is 15.0 Å². The Labute approximate surface area is 133 Å². The lowest BCUT2D eigenvalue weighted by molar-refractivity contribution is 0.306. The topological polar surface area (TPSA) is 24.5 Å². The molecule has 3 nitrogen and oxygen atoms in total. The van der Waals surface area contributed by atoms with Crippen molar-refractivity contribution < 1.29 is 4.74 Å². The predicted molar refractivity (Wildman–Crippen MR) is 92.2 cm³/mol. The first kappa shape index (κ1) is 16.5. The van der Waals surface area contributed by atoms with E-state index in [-0.39, 0.29) is 0 Å². The lowest BCUT2D eigenvalue weighted by Crippen LogP contribution is -2.26. The number of aryl methyl sites for hydroxylation is 1. The van der Waals surface area contributed by atoms with Crippen molar-refractivity contribution in [2.45, 2.75) is 20.1 Å². The van der Waals surface area contributed by atoms with Gasteiger partial charge in [0.2, 0.25) is 0 Å². The maximum Gasteiger partial charge on any atom is 0.120 e. The molecule has 0 amide bonds. The first-order valence-electron chi connectivity index (χ1n) is 7.76. The summed E-state index contributed by atoms with van der Waals surface area (Å²) in [6.45, 7) is 5.61. The Morgan fingerprint density at radius 3 is 2.50 bits per heavy atom. The third-order valence-electron chi connectivity index (χ3n) is 3.49. The summed E-state index contributed by atoms with van der Waals surface area (Å²) in [5.41, 5.74) is 3.72. The number of nitrogens with zero attached hydrogens (tertiary/aromatic N) is 1. The van der Waals surface area contributed by atoms with Crippen LogP contribution >= 0.6 is 0 Å². The van der Waals surface area contributed by atoms with Gasteiger partial charge in [-0.05, 0) is 44.3 Å². The van der Waals surface area contributed by atoms with Gasteiger partial charge in [-0.25, -0.2) is 0 Å².